The summed E-state index contributed by atoms with van der Waals surface area (Å²) in [5.74, 6) is 0.183. The molecule has 2 rings (SSSR count). The molecule has 1 heterocycles. The molecule has 0 atom stereocenters. The number of nitrogens with two attached hydrogens (primary N) is 1. The van der Waals surface area contributed by atoms with Gasteiger partial charge in [0.15, 0.2) is 5.82 Å². The Morgan fingerprint density at radius 2 is 2.22 bits per heavy atom. The van der Waals surface area contributed by atoms with Gasteiger partial charge in [0.2, 0.25) is 0 Å². The molecular formula is C12H14BrFN4. The van der Waals surface area contributed by atoms with Gasteiger partial charge in [0.05, 0.1) is 12.2 Å². The summed E-state index contributed by atoms with van der Waals surface area (Å²) < 4.78 is 15.8. The lowest BCUT2D eigenvalue weighted by Crippen LogP contribution is -2.08. The second kappa shape index (κ2) is 5.48. The largest absolute Gasteiger partial charge is 0.381 e. The van der Waals surface area contributed by atoms with Gasteiger partial charge >= 0.3 is 0 Å². The van der Waals surface area contributed by atoms with Gasteiger partial charge in [0.1, 0.15) is 5.82 Å². The van der Waals surface area contributed by atoms with E-state index in [1.165, 1.54) is 12.1 Å². The van der Waals surface area contributed by atoms with E-state index in [0.717, 1.165) is 28.6 Å². The highest BCUT2D eigenvalue weighted by Crippen LogP contribution is 2.20. The Kier molecular flexibility index (Phi) is 3.96. The third-order valence-corrected chi connectivity index (χ3v) is 3.46. The number of aromatic nitrogens is 3. The van der Waals surface area contributed by atoms with Crippen LogP contribution in [0.4, 0.5) is 10.2 Å². The fourth-order valence-corrected chi connectivity index (χ4v) is 2.16. The van der Waals surface area contributed by atoms with Gasteiger partial charge in [-0.15, -0.1) is 5.10 Å². The number of nitrogens with zero attached hydrogens (tertiary/aromatic N) is 3. The fourth-order valence-electron chi connectivity index (χ4n) is 1.79. The zero-order valence-electron chi connectivity index (χ0n) is 10.0. The summed E-state index contributed by atoms with van der Waals surface area (Å²) in [6.45, 7) is 2.52. The van der Waals surface area contributed by atoms with E-state index in [4.69, 9.17) is 5.73 Å². The van der Waals surface area contributed by atoms with E-state index in [-0.39, 0.29) is 5.82 Å². The van der Waals surface area contributed by atoms with Crippen molar-refractivity contribution in [2.75, 3.05) is 5.73 Å². The van der Waals surface area contributed by atoms with Crippen molar-refractivity contribution in [2.24, 2.45) is 0 Å². The lowest BCUT2D eigenvalue weighted by Gasteiger charge is -2.08. The maximum absolute atomic E-state index is 13.2. The molecule has 0 fully saturated rings. The quantitative estimate of drug-likeness (QED) is 0.944. The van der Waals surface area contributed by atoms with E-state index in [2.05, 4.69) is 33.2 Å². The van der Waals surface area contributed by atoms with Gasteiger partial charge in [-0.3, -0.25) is 0 Å². The highest BCUT2D eigenvalue weighted by molar-refractivity contribution is 9.10. The Morgan fingerprint density at radius 3 is 2.94 bits per heavy atom. The van der Waals surface area contributed by atoms with Crippen molar-refractivity contribution in [1.29, 1.82) is 0 Å². The molecule has 1 aromatic heterocycles. The average Bonchev–Trinajstić information content (AvgIpc) is 2.67. The number of hydrogen-bond acceptors (Lipinski definition) is 3. The first-order valence-corrected chi connectivity index (χ1v) is 6.53. The van der Waals surface area contributed by atoms with Crippen LogP contribution in [0.2, 0.25) is 0 Å². The molecule has 0 amide bonds. The van der Waals surface area contributed by atoms with E-state index in [1.54, 1.807) is 10.7 Å². The normalized spacial score (nSPS) is 10.8. The molecule has 6 heteroatoms. The molecule has 0 spiro atoms. The monoisotopic (exact) mass is 312 g/mol. The van der Waals surface area contributed by atoms with Gasteiger partial charge in [0.25, 0.3) is 0 Å². The molecule has 2 N–H and O–H groups in total. The van der Waals surface area contributed by atoms with Crippen LogP contribution < -0.4 is 5.73 Å². The van der Waals surface area contributed by atoms with Crippen LogP contribution in [0, 0.1) is 5.82 Å². The van der Waals surface area contributed by atoms with Gasteiger partial charge in [-0.25, -0.2) is 9.07 Å². The van der Waals surface area contributed by atoms with E-state index in [9.17, 15) is 4.39 Å². The van der Waals surface area contributed by atoms with Crippen LogP contribution in [0.3, 0.4) is 0 Å². The third-order valence-electron chi connectivity index (χ3n) is 2.68. The Labute approximate surface area is 113 Å². The van der Waals surface area contributed by atoms with Crippen LogP contribution in [0.15, 0.2) is 22.7 Å². The second-order valence-corrected chi connectivity index (χ2v) is 4.92. The van der Waals surface area contributed by atoms with E-state index >= 15 is 0 Å². The number of halogens is 2. The highest BCUT2D eigenvalue weighted by atomic mass is 79.9. The van der Waals surface area contributed by atoms with Crippen molar-refractivity contribution in [3.63, 3.8) is 0 Å². The minimum atomic E-state index is -0.265. The van der Waals surface area contributed by atoms with Crippen molar-refractivity contribution in [3.8, 4) is 0 Å². The maximum atomic E-state index is 13.2. The van der Waals surface area contributed by atoms with Crippen molar-refractivity contribution in [2.45, 2.75) is 26.3 Å². The zero-order valence-corrected chi connectivity index (χ0v) is 11.6. The van der Waals surface area contributed by atoms with Gasteiger partial charge in [-0.2, -0.15) is 0 Å². The molecule has 18 heavy (non-hydrogen) atoms. The summed E-state index contributed by atoms with van der Waals surface area (Å²) in [5, 5.41) is 7.86. The molecule has 0 saturated carbocycles. The van der Waals surface area contributed by atoms with Gasteiger partial charge in [0, 0.05) is 4.47 Å². The number of benzene rings is 1. The summed E-state index contributed by atoms with van der Waals surface area (Å²) >= 11 is 3.40. The fraction of sp³-hybridized carbons (Fsp3) is 0.333. The number of rotatable bonds is 4. The smallest absolute Gasteiger partial charge is 0.169 e. The predicted octanol–water partition coefficient (Wildman–Crippen LogP) is 2.76. The van der Waals surface area contributed by atoms with Crippen LogP contribution in [0.1, 0.15) is 24.6 Å². The molecule has 2 aromatic rings. The molecule has 1 aromatic carbocycles. The topological polar surface area (TPSA) is 56.7 Å². The summed E-state index contributed by atoms with van der Waals surface area (Å²) in [6.07, 6.45) is 1.77. The SMILES string of the molecule is CCCc1c(N)nnn1Cc1cc(F)ccc1Br. The zero-order chi connectivity index (χ0) is 13.1. The van der Waals surface area contributed by atoms with Crippen molar-refractivity contribution >= 4 is 21.7 Å². The number of hydrogen-bond donors (Lipinski definition) is 1. The molecular weight excluding hydrogens is 299 g/mol. The Bertz CT molecular complexity index is 553. The minimum Gasteiger partial charge on any atom is -0.381 e. The van der Waals surface area contributed by atoms with Crippen LogP contribution in [0.25, 0.3) is 0 Å². The lowest BCUT2D eigenvalue weighted by molar-refractivity contribution is 0.598. The van der Waals surface area contributed by atoms with E-state index < -0.39 is 0 Å². The Balaban J connectivity index is 2.31. The van der Waals surface area contributed by atoms with Crippen LogP contribution >= 0.6 is 15.9 Å². The predicted molar refractivity (Wildman–Crippen MR) is 71.6 cm³/mol. The average molecular weight is 313 g/mol. The van der Waals surface area contributed by atoms with Crippen molar-refractivity contribution < 1.29 is 4.39 Å². The molecule has 0 aliphatic rings. The summed E-state index contributed by atoms with van der Waals surface area (Å²) in [4.78, 5) is 0. The molecule has 0 aliphatic heterocycles. The van der Waals surface area contributed by atoms with Gasteiger partial charge < -0.3 is 5.73 Å². The Hall–Kier alpha value is -1.43. The van der Waals surface area contributed by atoms with Crippen LogP contribution in [-0.2, 0) is 13.0 Å². The first-order chi connectivity index (χ1) is 8.61. The van der Waals surface area contributed by atoms with E-state index in [1.807, 2.05) is 0 Å². The lowest BCUT2D eigenvalue weighted by atomic mass is 10.2. The minimum absolute atomic E-state index is 0.265. The number of anilines is 1. The van der Waals surface area contributed by atoms with Crippen LogP contribution in [-0.4, -0.2) is 15.0 Å². The first-order valence-electron chi connectivity index (χ1n) is 5.73. The molecule has 0 aliphatic carbocycles. The molecule has 0 unspecified atom stereocenters. The molecule has 96 valence electrons. The Morgan fingerprint density at radius 1 is 1.44 bits per heavy atom. The van der Waals surface area contributed by atoms with E-state index in [0.29, 0.717) is 12.4 Å². The molecule has 4 nitrogen and oxygen atoms in total. The second-order valence-electron chi connectivity index (χ2n) is 4.06. The highest BCUT2D eigenvalue weighted by Gasteiger charge is 2.11. The third kappa shape index (κ3) is 2.69. The first kappa shape index (κ1) is 13.0. The summed E-state index contributed by atoms with van der Waals surface area (Å²) in [7, 11) is 0. The standard InChI is InChI=1S/C12H14BrFN4/c1-2-3-11-12(15)16-17-18(11)7-8-6-9(14)4-5-10(8)13/h4-6H,2-3,7,15H2,1H3. The summed E-state index contributed by atoms with van der Waals surface area (Å²) in [6, 6.07) is 4.58. The van der Waals surface area contributed by atoms with Crippen molar-refractivity contribution in [1.82, 2.24) is 15.0 Å². The molecule has 0 saturated heterocycles. The van der Waals surface area contributed by atoms with Crippen LogP contribution in [0.5, 0.6) is 0 Å². The molecule has 0 radical (unpaired) electrons. The van der Waals surface area contributed by atoms with Crippen molar-refractivity contribution in [3.05, 3.63) is 39.7 Å². The molecule has 0 bridgehead atoms. The number of nitrogen functional groups attached to an aromatic ring is 1. The maximum Gasteiger partial charge on any atom is 0.169 e. The van der Waals surface area contributed by atoms with Gasteiger partial charge in [-0.1, -0.05) is 34.5 Å². The van der Waals surface area contributed by atoms with Gasteiger partial charge in [-0.05, 0) is 30.2 Å². The summed E-state index contributed by atoms with van der Waals surface area (Å²) in [5.41, 5.74) is 7.48.